The molecule has 9 nitrogen and oxygen atoms in total. The first kappa shape index (κ1) is 19.9. The molecule has 4 rings (SSSR count). The molecular weight excluding hydrogens is 404 g/mol. The molecule has 0 atom stereocenters. The van der Waals surface area contributed by atoms with Crippen LogP contribution in [0.25, 0.3) is 0 Å². The third kappa shape index (κ3) is 4.29. The normalized spacial score (nSPS) is 15.0. The van der Waals surface area contributed by atoms with Crippen LogP contribution >= 0.6 is 0 Å². The van der Waals surface area contributed by atoms with E-state index >= 15 is 0 Å². The van der Waals surface area contributed by atoms with Gasteiger partial charge >= 0.3 is 0 Å². The Balaban J connectivity index is 1.43. The van der Waals surface area contributed by atoms with Gasteiger partial charge < -0.3 is 10.2 Å². The lowest BCUT2D eigenvalue weighted by Gasteiger charge is -2.34. The minimum atomic E-state index is -3.52. The number of nitrogens with zero attached hydrogens (tertiary/aromatic N) is 5. The van der Waals surface area contributed by atoms with Crippen LogP contribution in [0.2, 0.25) is 0 Å². The van der Waals surface area contributed by atoms with Gasteiger partial charge in [0.15, 0.2) is 0 Å². The molecule has 0 saturated carbocycles. The molecule has 30 heavy (non-hydrogen) atoms. The number of aromatic nitrogens is 3. The van der Waals surface area contributed by atoms with E-state index in [0.717, 1.165) is 0 Å². The maximum Gasteiger partial charge on any atom is 0.277 e. The largest absolute Gasteiger partial charge is 0.353 e. The van der Waals surface area contributed by atoms with E-state index < -0.39 is 15.9 Å². The van der Waals surface area contributed by atoms with E-state index in [2.05, 4.69) is 20.3 Å². The number of amides is 1. The van der Waals surface area contributed by atoms with E-state index in [0.29, 0.717) is 37.8 Å². The number of nitrogens with one attached hydrogen (secondary N) is 1. The molecule has 0 aliphatic carbocycles. The van der Waals surface area contributed by atoms with Crippen molar-refractivity contribution in [1.82, 2.24) is 19.3 Å². The second kappa shape index (κ2) is 8.56. The summed E-state index contributed by atoms with van der Waals surface area (Å²) in [5, 5.41) is 2.67. The molecule has 1 N–H and O–H groups in total. The number of hydrogen-bond acceptors (Lipinski definition) is 7. The highest BCUT2D eigenvalue weighted by molar-refractivity contribution is 7.89. The monoisotopic (exact) mass is 424 g/mol. The zero-order valence-electron chi connectivity index (χ0n) is 16.0. The SMILES string of the molecule is O=C(Nc1ccccn1)c1cncc(N2CCN(S(=O)(=O)c3ccccc3)CC2)n1. The van der Waals surface area contributed by atoms with Crippen molar-refractivity contribution in [3.63, 3.8) is 0 Å². The Morgan fingerprint density at radius 1 is 0.933 bits per heavy atom. The van der Waals surface area contributed by atoms with Crippen LogP contribution in [0.1, 0.15) is 10.5 Å². The van der Waals surface area contributed by atoms with E-state index in [-0.39, 0.29) is 10.6 Å². The van der Waals surface area contributed by atoms with E-state index in [4.69, 9.17) is 0 Å². The summed E-state index contributed by atoms with van der Waals surface area (Å²) in [6.07, 6.45) is 4.54. The number of carbonyl (C=O) groups excluding carboxylic acids is 1. The molecule has 1 saturated heterocycles. The van der Waals surface area contributed by atoms with Crippen molar-refractivity contribution >= 4 is 27.6 Å². The van der Waals surface area contributed by atoms with Crippen LogP contribution in [0.5, 0.6) is 0 Å². The second-order valence-corrected chi connectivity index (χ2v) is 8.57. The Labute approximate surface area is 174 Å². The van der Waals surface area contributed by atoms with Gasteiger partial charge in [0, 0.05) is 32.4 Å². The van der Waals surface area contributed by atoms with Crippen molar-refractivity contribution in [2.24, 2.45) is 0 Å². The van der Waals surface area contributed by atoms with Gasteiger partial charge in [0.05, 0.1) is 17.3 Å². The van der Waals surface area contributed by atoms with E-state index in [1.165, 1.54) is 10.5 Å². The molecule has 1 fully saturated rings. The van der Waals surface area contributed by atoms with Gasteiger partial charge in [0.25, 0.3) is 5.91 Å². The average molecular weight is 424 g/mol. The van der Waals surface area contributed by atoms with Gasteiger partial charge in [0.1, 0.15) is 17.3 Å². The topological polar surface area (TPSA) is 108 Å². The first-order valence-electron chi connectivity index (χ1n) is 9.38. The van der Waals surface area contributed by atoms with Gasteiger partial charge in [-0.1, -0.05) is 24.3 Å². The van der Waals surface area contributed by atoms with Crippen molar-refractivity contribution in [2.45, 2.75) is 4.90 Å². The Hall–Kier alpha value is -3.37. The predicted molar refractivity (Wildman–Crippen MR) is 112 cm³/mol. The predicted octanol–water partition coefficient (Wildman–Crippen LogP) is 1.63. The Morgan fingerprint density at radius 3 is 2.37 bits per heavy atom. The maximum atomic E-state index is 12.8. The lowest BCUT2D eigenvalue weighted by atomic mass is 10.3. The Morgan fingerprint density at radius 2 is 1.67 bits per heavy atom. The molecular formula is C20H20N6O3S. The van der Waals surface area contributed by atoms with Gasteiger partial charge in [-0.3, -0.25) is 9.78 Å². The minimum Gasteiger partial charge on any atom is -0.353 e. The molecule has 1 aliphatic heterocycles. The van der Waals surface area contributed by atoms with Crippen LogP contribution in [0.15, 0.2) is 72.0 Å². The van der Waals surface area contributed by atoms with E-state index in [1.807, 2.05) is 4.90 Å². The highest BCUT2D eigenvalue weighted by Crippen LogP contribution is 2.20. The molecule has 154 valence electrons. The fraction of sp³-hybridized carbons (Fsp3) is 0.200. The lowest BCUT2D eigenvalue weighted by Crippen LogP contribution is -2.49. The molecule has 0 radical (unpaired) electrons. The number of benzene rings is 1. The summed E-state index contributed by atoms with van der Waals surface area (Å²) in [4.78, 5) is 27.2. The molecule has 3 heterocycles. The molecule has 0 unspecified atom stereocenters. The molecule has 0 spiro atoms. The summed E-state index contributed by atoms with van der Waals surface area (Å²) >= 11 is 0. The summed E-state index contributed by atoms with van der Waals surface area (Å²) in [5.41, 5.74) is 0.164. The van der Waals surface area contributed by atoms with Crippen LogP contribution in [-0.2, 0) is 10.0 Å². The van der Waals surface area contributed by atoms with Gasteiger partial charge in [-0.05, 0) is 24.3 Å². The molecule has 10 heteroatoms. The van der Waals surface area contributed by atoms with Crippen LogP contribution in [-0.4, -0.2) is 59.8 Å². The number of carbonyl (C=O) groups is 1. The molecule has 1 amide bonds. The minimum absolute atomic E-state index is 0.164. The van der Waals surface area contributed by atoms with Crippen molar-refractivity contribution in [3.05, 3.63) is 72.8 Å². The van der Waals surface area contributed by atoms with Crippen LogP contribution in [0.3, 0.4) is 0 Å². The molecule has 2 aromatic heterocycles. The zero-order chi connectivity index (χ0) is 21.0. The first-order valence-corrected chi connectivity index (χ1v) is 10.8. The standard InChI is InChI=1S/C20H20N6O3S/c27-20(24-18-8-4-5-9-22-18)17-14-21-15-19(23-17)25-10-12-26(13-11-25)30(28,29)16-6-2-1-3-7-16/h1-9,14-15H,10-13H2,(H,22,24,27). The summed E-state index contributed by atoms with van der Waals surface area (Å²) < 4.78 is 27.0. The number of piperazine rings is 1. The third-order valence-corrected chi connectivity index (χ3v) is 6.62. The van der Waals surface area contributed by atoms with Crippen molar-refractivity contribution in [3.8, 4) is 0 Å². The van der Waals surface area contributed by atoms with Crippen molar-refractivity contribution in [1.29, 1.82) is 0 Å². The van der Waals surface area contributed by atoms with Gasteiger partial charge in [-0.2, -0.15) is 4.31 Å². The molecule has 3 aromatic rings. The number of sulfonamides is 1. The second-order valence-electron chi connectivity index (χ2n) is 6.64. The number of anilines is 2. The fourth-order valence-corrected chi connectivity index (χ4v) is 4.58. The summed E-state index contributed by atoms with van der Waals surface area (Å²) in [6, 6.07) is 13.6. The number of hydrogen-bond donors (Lipinski definition) is 1. The Kier molecular flexibility index (Phi) is 5.68. The number of rotatable bonds is 5. The molecule has 0 bridgehead atoms. The summed E-state index contributed by atoms with van der Waals surface area (Å²) in [5.74, 6) is 0.545. The average Bonchev–Trinajstić information content (AvgIpc) is 2.80. The van der Waals surface area contributed by atoms with E-state index in [1.54, 1.807) is 60.9 Å². The van der Waals surface area contributed by atoms with Crippen LogP contribution < -0.4 is 10.2 Å². The van der Waals surface area contributed by atoms with Gasteiger partial charge in [0.2, 0.25) is 10.0 Å². The quantitative estimate of drug-likeness (QED) is 0.663. The third-order valence-electron chi connectivity index (χ3n) is 4.70. The summed E-state index contributed by atoms with van der Waals surface area (Å²) in [7, 11) is -3.52. The van der Waals surface area contributed by atoms with Crippen molar-refractivity contribution in [2.75, 3.05) is 36.4 Å². The van der Waals surface area contributed by atoms with Crippen LogP contribution in [0.4, 0.5) is 11.6 Å². The zero-order valence-corrected chi connectivity index (χ0v) is 16.9. The molecule has 1 aromatic carbocycles. The van der Waals surface area contributed by atoms with E-state index in [9.17, 15) is 13.2 Å². The maximum absolute atomic E-state index is 12.8. The highest BCUT2D eigenvalue weighted by atomic mass is 32.2. The molecule has 1 aliphatic rings. The highest BCUT2D eigenvalue weighted by Gasteiger charge is 2.29. The van der Waals surface area contributed by atoms with Gasteiger partial charge in [-0.25, -0.2) is 18.4 Å². The smallest absolute Gasteiger partial charge is 0.277 e. The lowest BCUT2D eigenvalue weighted by molar-refractivity contribution is 0.102. The fourth-order valence-electron chi connectivity index (χ4n) is 3.13. The summed E-state index contributed by atoms with van der Waals surface area (Å²) in [6.45, 7) is 1.55. The first-order chi connectivity index (χ1) is 14.5. The number of pyridine rings is 1. The van der Waals surface area contributed by atoms with Crippen LogP contribution in [0, 0.1) is 0 Å². The van der Waals surface area contributed by atoms with Gasteiger partial charge in [-0.15, -0.1) is 0 Å². The Bertz CT molecular complexity index is 1120. The van der Waals surface area contributed by atoms with Crippen molar-refractivity contribution < 1.29 is 13.2 Å².